The van der Waals surface area contributed by atoms with Crippen molar-refractivity contribution in [1.29, 1.82) is 0 Å². The van der Waals surface area contributed by atoms with Gasteiger partial charge in [-0.15, -0.1) is 11.3 Å². The van der Waals surface area contributed by atoms with Crippen LogP contribution in [-0.2, 0) is 12.7 Å². The summed E-state index contributed by atoms with van der Waals surface area (Å²) in [7, 11) is 0. The topological polar surface area (TPSA) is 12.0 Å². The molecule has 0 unspecified atom stereocenters. The van der Waals surface area contributed by atoms with Crippen LogP contribution in [0.1, 0.15) is 10.4 Å². The molecule has 0 saturated heterocycles. The molecule has 0 amide bonds. The van der Waals surface area contributed by atoms with Crippen molar-refractivity contribution in [3.05, 3.63) is 49.0 Å². The van der Waals surface area contributed by atoms with Crippen LogP contribution in [0, 0.1) is 0 Å². The maximum atomic E-state index is 12.9. The third-order valence-electron chi connectivity index (χ3n) is 2.42. The predicted molar refractivity (Wildman–Crippen MR) is 78.5 cm³/mol. The first-order valence-electron chi connectivity index (χ1n) is 5.20. The quantitative estimate of drug-likeness (QED) is 0.658. The first kappa shape index (κ1) is 14.9. The van der Waals surface area contributed by atoms with E-state index >= 15 is 0 Å². The molecule has 1 N–H and O–H groups in total. The number of nitrogens with one attached hydrogen (secondary N) is 1. The molecule has 2 rings (SSSR count). The van der Waals surface area contributed by atoms with Crippen LogP contribution in [0.25, 0.3) is 0 Å². The van der Waals surface area contributed by atoms with E-state index < -0.39 is 11.7 Å². The maximum absolute atomic E-state index is 12.9. The van der Waals surface area contributed by atoms with Crippen molar-refractivity contribution in [2.45, 2.75) is 12.7 Å². The summed E-state index contributed by atoms with van der Waals surface area (Å²) >= 11 is 8.02. The maximum Gasteiger partial charge on any atom is 0.418 e. The summed E-state index contributed by atoms with van der Waals surface area (Å²) in [5, 5.41) is 4.72. The number of rotatable bonds is 3. The second-order valence-electron chi connectivity index (χ2n) is 3.73. The van der Waals surface area contributed by atoms with Crippen LogP contribution in [-0.4, -0.2) is 0 Å². The standard InChI is InChI=1S/C12H8Br2F3NS/c13-7-1-2-8(12(15,16)17)10(5-7)18-6-11-9(14)3-4-19-11/h1-5,18H,6H2. The van der Waals surface area contributed by atoms with Gasteiger partial charge in [-0.25, -0.2) is 0 Å². The molecule has 1 aromatic carbocycles. The lowest BCUT2D eigenvalue weighted by Gasteiger charge is -2.14. The van der Waals surface area contributed by atoms with Crippen LogP contribution in [0.15, 0.2) is 38.6 Å². The minimum absolute atomic E-state index is 0.0715. The third kappa shape index (κ3) is 3.73. The van der Waals surface area contributed by atoms with Crippen molar-refractivity contribution < 1.29 is 13.2 Å². The van der Waals surface area contributed by atoms with E-state index in [0.29, 0.717) is 11.0 Å². The van der Waals surface area contributed by atoms with Crippen LogP contribution < -0.4 is 5.32 Å². The largest absolute Gasteiger partial charge is 0.418 e. The predicted octanol–water partition coefficient (Wildman–Crippen LogP) is 5.90. The number of halogens is 5. The summed E-state index contributed by atoms with van der Waals surface area (Å²) in [6, 6.07) is 5.75. The SMILES string of the molecule is FC(F)(F)c1ccc(Br)cc1NCc1sccc1Br. The van der Waals surface area contributed by atoms with E-state index in [9.17, 15) is 13.2 Å². The van der Waals surface area contributed by atoms with Crippen LogP contribution in [0.4, 0.5) is 18.9 Å². The van der Waals surface area contributed by atoms with Crippen molar-refractivity contribution in [2.75, 3.05) is 5.32 Å². The Morgan fingerprint density at radius 2 is 1.89 bits per heavy atom. The highest BCUT2D eigenvalue weighted by Crippen LogP contribution is 2.36. The number of anilines is 1. The molecule has 0 fully saturated rings. The third-order valence-corrected chi connectivity index (χ3v) is 4.84. The Balaban J connectivity index is 2.24. The summed E-state index contributed by atoms with van der Waals surface area (Å²) in [6.07, 6.45) is -4.37. The van der Waals surface area contributed by atoms with Crippen molar-refractivity contribution in [3.8, 4) is 0 Å². The van der Waals surface area contributed by atoms with Crippen molar-refractivity contribution in [3.63, 3.8) is 0 Å². The number of benzene rings is 1. The zero-order valence-corrected chi connectivity index (χ0v) is 13.4. The summed E-state index contributed by atoms with van der Waals surface area (Å²) in [4.78, 5) is 0.952. The summed E-state index contributed by atoms with van der Waals surface area (Å²) in [6.45, 7) is 0.345. The van der Waals surface area contributed by atoms with Crippen LogP contribution in [0.3, 0.4) is 0 Å². The molecule has 0 spiro atoms. The second-order valence-corrected chi connectivity index (χ2v) is 6.50. The van der Waals surface area contributed by atoms with Crippen molar-refractivity contribution >= 4 is 48.9 Å². The highest BCUT2D eigenvalue weighted by Gasteiger charge is 2.33. The van der Waals surface area contributed by atoms with Crippen LogP contribution in [0.2, 0.25) is 0 Å². The van der Waals surface area contributed by atoms with Gasteiger partial charge < -0.3 is 5.32 Å². The van der Waals surface area contributed by atoms with E-state index in [-0.39, 0.29) is 5.69 Å². The molecule has 1 aromatic heterocycles. The molecule has 0 bridgehead atoms. The van der Waals surface area contributed by atoms with Crippen LogP contribution in [0.5, 0.6) is 0 Å². The van der Waals surface area contributed by atoms with Crippen molar-refractivity contribution in [2.24, 2.45) is 0 Å². The Kier molecular flexibility index (Phi) is 4.58. The van der Waals surface area contributed by atoms with Gasteiger partial charge in [0.15, 0.2) is 0 Å². The van der Waals surface area contributed by atoms with Crippen molar-refractivity contribution in [1.82, 2.24) is 0 Å². The molecular weight excluding hydrogens is 407 g/mol. The normalized spacial score (nSPS) is 11.6. The smallest absolute Gasteiger partial charge is 0.380 e. The molecule has 0 saturated carbocycles. The molecule has 102 valence electrons. The van der Waals surface area contributed by atoms with Gasteiger partial charge in [0.1, 0.15) is 0 Å². The van der Waals surface area contributed by atoms with Gasteiger partial charge >= 0.3 is 6.18 Å². The minimum atomic E-state index is -4.37. The van der Waals surface area contributed by atoms with Gasteiger partial charge in [-0.05, 0) is 45.6 Å². The molecule has 0 aliphatic heterocycles. The summed E-state index contributed by atoms with van der Waals surface area (Å²) in [5.41, 5.74) is -0.592. The zero-order valence-electron chi connectivity index (χ0n) is 9.39. The van der Waals surface area contributed by atoms with E-state index in [1.54, 1.807) is 0 Å². The molecule has 0 radical (unpaired) electrons. The lowest BCUT2D eigenvalue weighted by Crippen LogP contribution is -2.10. The first-order valence-corrected chi connectivity index (χ1v) is 7.67. The van der Waals surface area contributed by atoms with E-state index in [1.807, 2.05) is 11.4 Å². The van der Waals surface area contributed by atoms with Gasteiger partial charge in [-0.1, -0.05) is 15.9 Å². The van der Waals surface area contributed by atoms with Crippen LogP contribution >= 0.6 is 43.2 Å². The number of hydrogen-bond acceptors (Lipinski definition) is 2. The molecule has 1 heterocycles. The number of alkyl halides is 3. The van der Waals surface area contributed by atoms with Gasteiger partial charge in [0, 0.05) is 19.5 Å². The van der Waals surface area contributed by atoms with Gasteiger partial charge in [-0.2, -0.15) is 13.2 Å². The first-order chi connectivity index (χ1) is 8.88. The van der Waals surface area contributed by atoms with Gasteiger partial charge in [0.2, 0.25) is 0 Å². The summed E-state index contributed by atoms with van der Waals surface area (Å²) in [5.74, 6) is 0. The molecule has 1 nitrogen and oxygen atoms in total. The fraction of sp³-hybridized carbons (Fsp3) is 0.167. The molecule has 19 heavy (non-hydrogen) atoms. The van der Waals surface area contributed by atoms with E-state index in [2.05, 4.69) is 37.2 Å². The molecule has 7 heteroatoms. The fourth-order valence-corrected chi connectivity index (χ4v) is 3.33. The van der Waals surface area contributed by atoms with Gasteiger partial charge in [0.25, 0.3) is 0 Å². The Morgan fingerprint density at radius 3 is 2.47 bits per heavy atom. The Hall–Kier alpha value is -0.530. The minimum Gasteiger partial charge on any atom is -0.380 e. The average Bonchev–Trinajstić information content (AvgIpc) is 2.70. The lowest BCUT2D eigenvalue weighted by atomic mass is 10.1. The zero-order chi connectivity index (χ0) is 14.0. The van der Waals surface area contributed by atoms with Gasteiger partial charge in [0.05, 0.1) is 12.1 Å². The molecular formula is C12H8Br2F3NS. The number of hydrogen-bond donors (Lipinski definition) is 1. The Morgan fingerprint density at radius 1 is 1.16 bits per heavy atom. The Bertz CT molecular complexity index is 581. The molecule has 0 aliphatic carbocycles. The summed E-state index contributed by atoms with van der Waals surface area (Å²) < 4.78 is 40.1. The van der Waals surface area contributed by atoms with Gasteiger partial charge in [-0.3, -0.25) is 0 Å². The lowest BCUT2D eigenvalue weighted by molar-refractivity contribution is -0.137. The van der Waals surface area contributed by atoms with E-state index in [1.165, 1.54) is 23.5 Å². The fourth-order valence-electron chi connectivity index (χ4n) is 1.54. The highest BCUT2D eigenvalue weighted by atomic mass is 79.9. The molecule has 0 atom stereocenters. The van der Waals surface area contributed by atoms with E-state index in [4.69, 9.17) is 0 Å². The molecule has 2 aromatic rings. The second kappa shape index (κ2) is 5.85. The number of thiophene rings is 1. The Labute approximate surface area is 129 Å². The average molecular weight is 415 g/mol. The highest BCUT2D eigenvalue weighted by molar-refractivity contribution is 9.10. The van der Waals surface area contributed by atoms with E-state index in [0.717, 1.165) is 15.4 Å². The molecule has 0 aliphatic rings. The monoisotopic (exact) mass is 413 g/mol.